The maximum Gasteiger partial charge on any atom is 0.224 e. The number of nitrogens with two attached hydrogens (primary N) is 1. The maximum absolute atomic E-state index is 5.94. The zero-order valence-corrected chi connectivity index (χ0v) is 12.2. The summed E-state index contributed by atoms with van der Waals surface area (Å²) in [6, 6.07) is 5.36. The van der Waals surface area contributed by atoms with Gasteiger partial charge in [0.05, 0.1) is 31.3 Å². The molecule has 0 aliphatic carbocycles. The fourth-order valence-corrected chi connectivity index (χ4v) is 1.89. The van der Waals surface area contributed by atoms with Gasteiger partial charge < -0.3 is 20.5 Å². The van der Waals surface area contributed by atoms with Crippen molar-refractivity contribution in [2.45, 2.75) is 6.92 Å². The lowest BCUT2D eigenvalue weighted by molar-refractivity contribution is 0.405. The van der Waals surface area contributed by atoms with Crippen molar-refractivity contribution >= 4 is 28.8 Å². The molecule has 20 heavy (non-hydrogen) atoms. The molecule has 106 valence electrons. The van der Waals surface area contributed by atoms with E-state index >= 15 is 0 Å². The summed E-state index contributed by atoms with van der Waals surface area (Å²) in [5, 5.41) is 3.21. The summed E-state index contributed by atoms with van der Waals surface area (Å²) in [5.41, 5.74) is 7.65. The average molecular weight is 295 g/mol. The van der Waals surface area contributed by atoms with Crippen molar-refractivity contribution in [1.82, 2.24) is 9.97 Å². The average Bonchev–Trinajstić information content (AvgIpc) is 2.44. The van der Waals surface area contributed by atoms with Crippen LogP contribution < -0.4 is 20.5 Å². The second kappa shape index (κ2) is 5.83. The molecule has 0 bridgehead atoms. The van der Waals surface area contributed by atoms with E-state index in [0.29, 0.717) is 34.4 Å². The minimum Gasteiger partial charge on any atom is -0.497 e. The van der Waals surface area contributed by atoms with Gasteiger partial charge in [0.25, 0.3) is 0 Å². The van der Waals surface area contributed by atoms with E-state index < -0.39 is 0 Å². The van der Waals surface area contributed by atoms with Crippen molar-refractivity contribution < 1.29 is 9.47 Å². The normalized spacial score (nSPS) is 10.2. The second-order valence-corrected chi connectivity index (χ2v) is 4.37. The smallest absolute Gasteiger partial charge is 0.224 e. The molecular formula is C13H15ClN4O2. The van der Waals surface area contributed by atoms with Gasteiger partial charge in [-0.05, 0) is 30.7 Å². The number of halogens is 1. The molecule has 0 unspecified atom stereocenters. The van der Waals surface area contributed by atoms with Gasteiger partial charge in [-0.15, -0.1) is 0 Å². The number of hydrogen-bond donors (Lipinski definition) is 2. The highest BCUT2D eigenvalue weighted by atomic mass is 35.5. The lowest BCUT2D eigenvalue weighted by Gasteiger charge is -2.14. The lowest BCUT2D eigenvalue weighted by atomic mass is 10.2. The molecule has 3 N–H and O–H groups in total. The number of hydrogen-bond acceptors (Lipinski definition) is 6. The molecule has 0 atom stereocenters. The number of nitrogens with zero attached hydrogens (tertiary/aromatic N) is 2. The van der Waals surface area contributed by atoms with Gasteiger partial charge in [-0.3, -0.25) is 0 Å². The van der Waals surface area contributed by atoms with E-state index in [0.717, 1.165) is 0 Å². The van der Waals surface area contributed by atoms with E-state index in [2.05, 4.69) is 15.3 Å². The number of aryl methyl sites for hydroxylation is 1. The van der Waals surface area contributed by atoms with Crippen LogP contribution in [0.15, 0.2) is 18.2 Å². The van der Waals surface area contributed by atoms with Gasteiger partial charge >= 0.3 is 0 Å². The Morgan fingerprint density at radius 3 is 2.60 bits per heavy atom. The van der Waals surface area contributed by atoms with Crippen LogP contribution in [0.2, 0.25) is 5.28 Å². The monoisotopic (exact) mass is 294 g/mol. The van der Waals surface area contributed by atoms with Crippen LogP contribution in [0.25, 0.3) is 0 Å². The van der Waals surface area contributed by atoms with Crippen molar-refractivity contribution in [1.29, 1.82) is 0 Å². The first-order chi connectivity index (χ1) is 9.55. The molecule has 7 heteroatoms. The molecule has 2 aromatic rings. The molecule has 1 aromatic carbocycles. The van der Waals surface area contributed by atoms with Crippen LogP contribution in [0.4, 0.5) is 17.2 Å². The topological polar surface area (TPSA) is 82.3 Å². The molecule has 0 saturated heterocycles. The highest BCUT2D eigenvalue weighted by Crippen LogP contribution is 2.33. The van der Waals surface area contributed by atoms with E-state index in [-0.39, 0.29) is 5.28 Å². The van der Waals surface area contributed by atoms with Crippen LogP contribution in [-0.2, 0) is 0 Å². The largest absolute Gasteiger partial charge is 0.497 e. The third-order valence-electron chi connectivity index (χ3n) is 2.77. The Morgan fingerprint density at radius 1 is 1.20 bits per heavy atom. The maximum atomic E-state index is 5.94. The van der Waals surface area contributed by atoms with Crippen molar-refractivity contribution in [2.75, 3.05) is 25.3 Å². The summed E-state index contributed by atoms with van der Waals surface area (Å²) in [6.45, 7) is 1.76. The van der Waals surface area contributed by atoms with E-state index in [1.54, 1.807) is 39.3 Å². The Balaban J connectivity index is 2.43. The quantitative estimate of drug-likeness (QED) is 0.844. The summed E-state index contributed by atoms with van der Waals surface area (Å²) >= 11 is 5.85. The molecule has 6 nitrogen and oxygen atoms in total. The Kier molecular flexibility index (Phi) is 4.14. The fourth-order valence-electron chi connectivity index (χ4n) is 1.68. The fraction of sp³-hybridized carbons (Fsp3) is 0.231. The zero-order chi connectivity index (χ0) is 14.7. The van der Waals surface area contributed by atoms with Gasteiger partial charge in [0, 0.05) is 6.07 Å². The third-order valence-corrected chi connectivity index (χ3v) is 2.94. The molecule has 0 aliphatic rings. The van der Waals surface area contributed by atoms with Crippen molar-refractivity contribution in [3.63, 3.8) is 0 Å². The number of ether oxygens (including phenoxy) is 2. The summed E-state index contributed by atoms with van der Waals surface area (Å²) in [7, 11) is 3.17. The van der Waals surface area contributed by atoms with Crippen LogP contribution >= 0.6 is 11.6 Å². The minimum absolute atomic E-state index is 0.126. The predicted molar refractivity (Wildman–Crippen MR) is 79.0 cm³/mol. The van der Waals surface area contributed by atoms with Gasteiger partial charge in [-0.25, -0.2) is 4.98 Å². The molecule has 0 fully saturated rings. The number of aromatic nitrogens is 2. The zero-order valence-electron chi connectivity index (χ0n) is 11.4. The van der Waals surface area contributed by atoms with Crippen LogP contribution in [0.3, 0.4) is 0 Å². The van der Waals surface area contributed by atoms with Crippen LogP contribution in [0.1, 0.15) is 5.69 Å². The van der Waals surface area contributed by atoms with Crippen LogP contribution in [0.5, 0.6) is 11.5 Å². The number of benzene rings is 1. The molecule has 1 heterocycles. The predicted octanol–water partition coefficient (Wildman–Crippen LogP) is 2.78. The van der Waals surface area contributed by atoms with Crippen LogP contribution in [-0.4, -0.2) is 24.2 Å². The van der Waals surface area contributed by atoms with Crippen molar-refractivity contribution in [3.05, 3.63) is 29.2 Å². The highest BCUT2D eigenvalue weighted by Gasteiger charge is 2.11. The first-order valence-electron chi connectivity index (χ1n) is 5.83. The summed E-state index contributed by atoms with van der Waals surface area (Å²) in [5.74, 6) is 1.75. The van der Waals surface area contributed by atoms with E-state index in [4.69, 9.17) is 26.8 Å². The standard InChI is InChI=1S/C13H15ClN4O2/c1-7-11(15)12(18-13(14)16-7)17-9-6-8(19-2)4-5-10(9)20-3/h4-6H,15H2,1-3H3,(H,16,17,18). The van der Waals surface area contributed by atoms with E-state index in [9.17, 15) is 0 Å². The molecule has 0 saturated carbocycles. The SMILES string of the molecule is COc1ccc(OC)c(Nc2nc(Cl)nc(C)c2N)c1. The minimum atomic E-state index is 0.126. The van der Waals surface area contributed by atoms with E-state index in [1.807, 2.05) is 0 Å². The Hall–Kier alpha value is -2.21. The molecule has 0 aliphatic heterocycles. The Bertz CT molecular complexity index is 634. The summed E-state index contributed by atoms with van der Waals surface area (Å²) in [6.07, 6.45) is 0. The molecule has 1 aromatic heterocycles. The molecular weight excluding hydrogens is 280 g/mol. The van der Waals surface area contributed by atoms with Gasteiger partial charge in [0.2, 0.25) is 5.28 Å². The summed E-state index contributed by atoms with van der Waals surface area (Å²) in [4.78, 5) is 8.07. The lowest BCUT2D eigenvalue weighted by Crippen LogP contribution is -2.05. The third kappa shape index (κ3) is 2.85. The Labute approximate surface area is 121 Å². The molecule has 0 spiro atoms. The van der Waals surface area contributed by atoms with Gasteiger partial charge in [-0.1, -0.05) is 0 Å². The number of nitrogen functional groups attached to an aromatic ring is 1. The van der Waals surface area contributed by atoms with Gasteiger partial charge in [0.1, 0.15) is 11.5 Å². The molecule has 0 amide bonds. The number of methoxy groups -OCH3 is 2. The van der Waals surface area contributed by atoms with Crippen molar-refractivity contribution in [2.24, 2.45) is 0 Å². The second-order valence-electron chi connectivity index (χ2n) is 4.03. The first kappa shape index (κ1) is 14.2. The van der Waals surface area contributed by atoms with Crippen LogP contribution in [0, 0.1) is 6.92 Å². The summed E-state index contributed by atoms with van der Waals surface area (Å²) < 4.78 is 10.5. The number of nitrogens with one attached hydrogen (secondary N) is 1. The number of anilines is 3. The van der Waals surface area contributed by atoms with Crippen molar-refractivity contribution in [3.8, 4) is 11.5 Å². The number of rotatable bonds is 4. The molecule has 0 radical (unpaired) electrons. The van der Waals surface area contributed by atoms with Gasteiger partial charge in [0.15, 0.2) is 5.82 Å². The highest BCUT2D eigenvalue weighted by molar-refractivity contribution is 6.28. The van der Waals surface area contributed by atoms with Gasteiger partial charge in [-0.2, -0.15) is 4.98 Å². The Morgan fingerprint density at radius 2 is 1.95 bits per heavy atom. The first-order valence-corrected chi connectivity index (χ1v) is 6.21. The molecule has 2 rings (SSSR count). The van der Waals surface area contributed by atoms with E-state index in [1.165, 1.54) is 0 Å².